The second kappa shape index (κ2) is 7.72. The molecule has 5 N–H and O–H groups in total. The molecule has 1 fully saturated rings. The van der Waals surface area contributed by atoms with E-state index in [4.69, 9.17) is 4.74 Å². The zero-order chi connectivity index (χ0) is 20.5. The first-order valence-electron chi connectivity index (χ1n) is 8.91. The Balaban J connectivity index is 1.62. The summed E-state index contributed by atoms with van der Waals surface area (Å²) in [5.74, 6) is -0.463. The number of H-pyrrole nitrogens is 1. The molecule has 1 amide bonds. The largest absolute Gasteiger partial charge is 0.394 e. The van der Waals surface area contributed by atoms with Crippen LogP contribution >= 0.6 is 0 Å². The highest BCUT2D eigenvalue weighted by atomic mass is 16.6. The topological polar surface area (TPSA) is 163 Å². The molecule has 4 atom stereocenters. The van der Waals surface area contributed by atoms with E-state index in [1.54, 1.807) is 12.1 Å². The summed E-state index contributed by atoms with van der Waals surface area (Å²) in [5.41, 5.74) is 0.239. The van der Waals surface area contributed by atoms with Crippen molar-refractivity contribution in [1.82, 2.24) is 19.5 Å². The number of aliphatic hydroxyl groups excluding tert-OH is 3. The number of imidazole rings is 1. The number of aliphatic hydroxyl groups is 3. The van der Waals surface area contributed by atoms with Gasteiger partial charge in [0.2, 0.25) is 11.9 Å². The number of carbonyl (C=O) groups excluding carboxylic acids is 1. The van der Waals surface area contributed by atoms with Crippen LogP contribution in [0.5, 0.6) is 0 Å². The Labute approximate surface area is 163 Å². The molecule has 1 aliphatic rings. The van der Waals surface area contributed by atoms with Crippen molar-refractivity contribution in [3.05, 3.63) is 52.6 Å². The maximum absolute atomic E-state index is 12.3. The van der Waals surface area contributed by atoms with E-state index in [9.17, 15) is 24.9 Å². The number of ether oxygens (including phenoxy) is 1. The van der Waals surface area contributed by atoms with Crippen LogP contribution < -0.4 is 10.9 Å². The number of aromatic amines is 1. The quantitative estimate of drug-likeness (QED) is 0.360. The summed E-state index contributed by atoms with van der Waals surface area (Å²) >= 11 is 0. The number of aromatic nitrogens is 4. The molecule has 152 valence electrons. The Bertz CT molecular complexity index is 1080. The van der Waals surface area contributed by atoms with Crippen molar-refractivity contribution in [3.8, 4) is 0 Å². The molecule has 0 bridgehead atoms. The van der Waals surface area contributed by atoms with Crippen LogP contribution in [-0.2, 0) is 16.0 Å². The Morgan fingerprint density at radius 3 is 2.69 bits per heavy atom. The number of hydrogen-bond donors (Lipinski definition) is 5. The minimum atomic E-state index is -1.36. The predicted molar refractivity (Wildman–Crippen MR) is 99.9 cm³/mol. The van der Waals surface area contributed by atoms with Crippen molar-refractivity contribution < 1.29 is 24.9 Å². The molecule has 29 heavy (non-hydrogen) atoms. The van der Waals surface area contributed by atoms with Crippen molar-refractivity contribution in [1.29, 1.82) is 0 Å². The number of nitrogens with zero attached hydrogens (tertiary/aromatic N) is 3. The molecule has 1 aliphatic heterocycles. The minimum Gasteiger partial charge on any atom is -0.394 e. The summed E-state index contributed by atoms with van der Waals surface area (Å²) < 4.78 is 6.74. The summed E-state index contributed by atoms with van der Waals surface area (Å²) in [7, 11) is 0. The van der Waals surface area contributed by atoms with Gasteiger partial charge in [-0.2, -0.15) is 4.98 Å². The normalized spacial score (nSPS) is 24.1. The molecule has 11 nitrogen and oxygen atoms in total. The van der Waals surface area contributed by atoms with Gasteiger partial charge in [0, 0.05) is 0 Å². The van der Waals surface area contributed by atoms with Gasteiger partial charge in [-0.3, -0.25) is 24.5 Å². The zero-order valence-electron chi connectivity index (χ0n) is 15.1. The van der Waals surface area contributed by atoms with Crippen LogP contribution in [0.3, 0.4) is 0 Å². The predicted octanol–water partition coefficient (Wildman–Crippen LogP) is -1.09. The number of fused-ring (bicyclic) bond motifs is 1. The fourth-order valence-corrected chi connectivity index (χ4v) is 3.24. The molecule has 0 saturated carbocycles. The third-order valence-corrected chi connectivity index (χ3v) is 4.69. The number of anilines is 1. The first kappa shape index (κ1) is 19.2. The maximum atomic E-state index is 12.3. The lowest BCUT2D eigenvalue weighted by Gasteiger charge is -2.16. The van der Waals surface area contributed by atoms with E-state index in [-0.39, 0.29) is 29.4 Å². The van der Waals surface area contributed by atoms with Crippen molar-refractivity contribution in [3.63, 3.8) is 0 Å². The molecule has 0 spiro atoms. The number of carbonyl (C=O) groups is 1. The highest BCUT2D eigenvalue weighted by Crippen LogP contribution is 2.30. The first-order chi connectivity index (χ1) is 14.0. The van der Waals surface area contributed by atoms with Crippen LogP contribution in [0.4, 0.5) is 5.95 Å². The summed E-state index contributed by atoms with van der Waals surface area (Å²) in [6.45, 7) is -0.490. The lowest BCUT2D eigenvalue weighted by Crippen LogP contribution is -2.33. The highest BCUT2D eigenvalue weighted by molar-refractivity contribution is 5.91. The smallest absolute Gasteiger partial charge is 0.280 e. The van der Waals surface area contributed by atoms with E-state index in [1.165, 1.54) is 10.9 Å². The summed E-state index contributed by atoms with van der Waals surface area (Å²) in [6.07, 6.45) is -3.43. The van der Waals surface area contributed by atoms with E-state index in [0.717, 1.165) is 5.56 Å². The van der Waals surface area contributed by atoms with E-state index in [1.807, 2.05) is 18.2 Å². The lowest BCUT2D eigenvalue weighted by atomic mass is 10.1. The second-order valence-corrected chi connectivity index (χ2v) is 6.68. The monoisotopic (exact) mass is 401 g/mol. The van der Waals surface area contributed by atoms with Gasteiger partial charge in [0.05, 0.1) is 19.4 Å². The van der Waals surface area contributed by atoms with Gasteiger partial charge < -0.3 is 20.1 Å². The third kappa shape index (κ3) is 3.63. The van der Waals surface area contributed by atoms with Gasteiger partial charge in [-0.15, -0.1) is 0 Å². The average molecular weight is 401 g/mol. The number of nitrogens with one attached hydrogen (secondary N) is 2. The van der Waals surface area contributed by atoms with Gasteiger partial charge in [0.15, 0.2) is 17.4 Å². The highest BCUT2D eigenvalue weighted by Gasteiger charge is 2.44. The Morgan fingerprint density at radius 1 is 1.24 bits per heavy atom. The van der Waals surface area contributed by atoms with Crippen LogP contribution in [0.15, 0.2) is 41.5 Å². The van der Waals surface area contributed by atoms with Crippen LogP contribution in [0.2, 0.25) is 0 Å². The Kier molecular flexibility index (Phi) is 5.11. The molecule has 4 rings (SSSR count). The Hall–Kier alpha value is -3.12. The number of amides is 1. The van der Waals surface area contributed by atoms with Crippen molar-refractivity contribution in [2.45, 2.75) is 31.0 Å². The molecular weight excluding hydrogens is 382 g/mol. The third-order valence-electron chi connectivity index (χ3n) is 4.69. The fourth-order valence-electron chi connectivity index (χ4n) is 3.24. The zero-order valence-corrected chi connectivity index (χ0v) is 15.1. The summed E-state index contributed by atoms with van der Waals surface area (Å²) in [4.78, 5) is 35.2. The molecule has 2 aromatic heterocycles. The molecule has 3 aromatic rings. The number of hydrogen-bond acceptors (Lipinski definition) is 8. The van der Waals surface area contributed by atoms with Crippen LogP contribution in [0, 0.1) is 0 Å². The minimum absolute atomic E-state index is 0.0243. The van der Waals surface area contributed by atoms with Gasteiger partial charge in [-0.25, -0.2) is 4.98 Å². The fraction of sp³-hybridized carbons (Fsp3) is 0.333. The standard InChI is InChI=1S/C18H19N5O6/c24-7-10-13(26)14(27)17(29-10)23-8-19-12-15(23)21-18(22-16(12)28)20-11(25)6-9-4-2-1-3-5-9/h1-5,8,10,13-14,17,24,26-27H,6-7H2,(H2,20,21,22,25,28)/t10-,13+,14-,17+/m0/s1. The van der Waals surface area contributed by atoms with Crippen molar-refractivity contribution in [2.24, 2.45) is 0 Å². The second-order valence-electron chi connectivity index (χ2n) is 6.68. The molecular formula is C18H19N5O6. The molecule has 0 aliphatic carbocycles. The molecule has 3 heterocycles. The first-order valence-corrected chi connectivity index (χ1v) is 8.91. The van der Waals surface area contributed by atoms with Gasteiger partial charge >= 0.3 is 0 Å². The van der Waals surface area contributed by atoms with E-state index < -0.39 is 36.7 Å². The molecule has 0 unspecified atom stereocenters. The summed E-state index contributed by atoms with van der Waals surface area (Å²) in [5, 5.41) is 32.0. The van der Waals surface area contributed by atoms with E-state index >= 15 is 0 Å². The Morgan fingerprint density at radius 2 is 2.00 bits per heavy atom. The SMILES string of the molecule is O=C(Cc1ccccc1)Nc1nc2c(ncn2[C@@H]2O[C@@H](CO)[C@@H](O)[C@@H]2O)c(=O)[nH]1. The van der Waals surface area contributed by atoms with Gasteiger partial charge in [-0.1, -0.05) is 30.3 Å². The lowest BCUT2D eigenvalue weighted by molar-refractivity contribution is -0.115. The average Bonchev–Trinajstić information content (AvgIpc) is 3.24. The van der Waals surface area contributed by atoms with Crippen molar-refractivity contribution >= 4 is 23.0 Å². The van der Waals surface area contributed by atoms with Gasteiger partial charge in [-0.05, 0) is 5.56 Å². The van der Waals surface area contributed by atoms with Gasteiger partial charge in [0.25, 0.3) is 5.56 Å². The number of rotatable bonds is 5. The van der Waals surface area contributed by atoms with E-state index in [2.05, 4.69) is 20.3 Å². The number of benzene rings is 1. The van der Waals surface area contributed by atoms with E-state index in [0.29, 0.717) is 0 Å². The van der Waals surface area contributed by atoms with Gasteiger partial charge in [0.1, 0.15) is 18.3 Å². The van der Waals surface area contributed by atoms with Crippen LogP contribution in [0.1, 0.15) is 11.8 Å². The maximum Gasteiger partial charge on any atom is 0.280 e. The van der Waals surface area contributed by atoms with Crippen LogP contribution in [-0.4, -0.2) is 65.7 Å². The van der Waals surface area contributed by atoms with Crippen molar-refractivity contribution in [2.75, 3.05) is 11.9 Å². The molecule has 11 heteroatoms. The summed E-state index contributed by atoms with van der Waals surface area (Å²) in [6, 6.07) is 9.07. The molecule has 0 radical (unpaired) electrons. The molecule has 1 aromatic carbocycles. The molecule has 1 saturated heterocycles. The van der Waals surface area contributed by atoms with Crippen LogP contribution in [0.25, 0.3) is 11.2 Å².